The van der Waals surface area contributed by atoms with E-state index in [1.807, 2.05) is 0 Å². The van der Waals surface area contributed by atoms with Crippen LogP contribution in [0.3, 0.4) is 0 Å². The third kappa shape index (κ3) is 3.18. The van der Waals surface area contributed by atoms with Gasteiger partial charge in [0.05, 0.1) is 0 Å². The Balaban J connectivity index is 2.62. The first-order valence-electron chi connectivity index (χ1n) is 6.26. The van der Waals surface area contributed by atoms with Crippen molar-refractivity contribution in [3.8, 4) is 0 Å². The molecule has 1 fully saturated rings. The van der Waals surface area contributed by atoms with Gasteiger partial charge in [-0.25, -0.2) is 0 Å². The van der Waals surface area contributed by atoms with E-state index in [4.69, 9.17) is 0 Å². The Labute approximate surface area is 95.4 Å². The van der Waals surface area contributed by atoms with Gasteiger partial charge < -0.3 is 5.32 Å². The minimum atomic E-state index is 0.367. The van der Waals surface area contributed by atoms with Crippen molar-refractivity contribution < 1.29 is 0 Å². The van der Waals surface area contributed by atoms with Gasteiger partial charge in [0.2, 0.25) is 0 Å². The van der Waals surface area contributed by atoms with Gasteiger partial charge in [0.25, 0.3) is 0 Å². The van der Waals surface area contributed by atoms with Crippen LogP contribution in [-0.2, 0) is 0 Å². The minimum absolute atomic E-state index is 0.367. The van der Waals surface area contributed by atoms with Crippen molar-refractivity contribution >= 4 is 0 Å². The van der Waals surface area contributed by atoms with Crippen LogP contribution in [0.25, 0.3) is 0 Å². The van der Waals surface area contributed by atoms with E-state index >= 15 is 0 Å². The highest BCUT2D eigenvalue weighted by Crippen LogP contribution is 2.27. The lowest BCUT2D eigenvalue weighted by molar-refractivity contribution is 0.0586. The van der Waals surface area contributed by atoms with E-state index in [9.17, 15) is 0 Å². The molecule has 1 heterocycles. The van der Waals surface area contributed by atoms with Gasteiger partial charge in [-0.05, 0) is 38.3 Å². The second-order valence-corrected chi connectivity index (χ2v) is 6.24. The molecule has 3 unspecified atom stereocenters. The van der Waals surface area contributed by atoms with Gasteiger partial charge in [-0.15, -0.1) is 0 Å². The normalized spacial score (nSPS) is 30.6. The fourth-order valence-electron chi connectivity index (χ4n) is 2.42. The van der Waals surface area contributed by atoms with Gasteiger partial charge in [0.15, 0.2) is 0 Å². The molecule has 1 rings (SSSR count). The Kier molecular flexibility index (Phi) is 4.19. The number of hydrogen-bond acceptors (Lipinski definition) is 2. The van der Waals surface area contributed by atoms with E-state index in [0.29, 0.717) is 17.5 Å². The Morgan fingerprint density at radius 2 is 1.93 bits per heavy atom. The topological polar surface area (TPSA) is 15.3 Å². The third-order valence-electron chi connectivity index (χ3n) is 4.17. The lowest BCUT2D eigenvalue weighted by Gasteiger charge is -2.44. The smallest absolute Gasteiger partial charge is 0.0246 e. The lowest BCUT2D eigenvalue weighted by Crippen LogP contribution is -2.54. The zero-order valence-corrected chi connectivity index (χ0v) is 11.3. The Morgan fingerprint density at radius 3 is 2.40 bits per heavy atom. The first kappa shape index (κ1) is 13.0. The molecule has 0 aromatic rings. The molecule has 15 heavy (non-hydrogen) atoms. The highest BCUT2D eigenvalue weighted by Gasteiger charge is 2.32. The van der Waals surface area contributed by atoms with Crippen LogP contribution in [0.4, 0.5) is 0 Å². The second kappa shape index (κ2) is 4.84. The lowest BCUT2D eigenvalue weighted by atomic mass is 9.84. The van der Waals surface area contributed by atoms with E-state index in [1.165, 1.54) is 13.0 Å². The average Bonchev–Trinajstić information content (AvgIpc) is 2.15. The van der Waals surface area contributed by atoms with Gasteiger partial charge in [-0.1, -0.05) is 27.7 Å². The van der Waals surface area contributed by atoms with Crippen molar-refractivity contribution in [3.63, 3.8) is 0 Å². The molecule has 3 atom stereocenters. The molecule has 2 heteroatoms. The molecule has 0 bridgehead atoms. The number of hydrogen-bond donors (Lipinski definition) is 1. The van der Waals surface area contributed by atoms with Crippen molar-refractivity contribution in [1.29, 1.82) is 0 Å². The molecule has 0 saturated carbocycles. The van der Waals surface area contributed by atoms with E-state index in [1.54, 1.807) is 0 Å². The van der Waals surface area contributed by atoms with Crippen molar-refractivity contribution in [1.82, 2.24) is 10.2 Å². The molecule has 0 amide bonds. The van der Waals surface area contributed by atoms with Crippen molar-refractivity contribution in [2.24, 2.45) is 11.3 Å². The quantitative estimate of drug-likeness (QED) is 0.756. The molecule has 0 spiro atoms. The Hall–Kier alpha value is -0.0800. The minimum Gasteiger partial charge on any atom is -0.315 e. The molecule has 1 saturated heterocycles. The van der Waals surface area contributed by atoms with E-state index in [0.717, 1.165) is 12.5 Å². The summed E-state index contributed by atoms with van der Waals surface area (Å²) in [6.45, 7) is 14.1. The van der Waals surface area contributed by atoms with Gasteiger partial charge in [0.1, 0.15) is 0 Å². The van der Waals surface area contributed by atoms with Crippen LogP contribution in [0.15, 0.2) is 0 Å². The maximum Gasteiger partial charge on any atom is 0.0246 e. The second-order valence-electron chi connectivity index (χ2n) is 6.24. The van der Waals surface area contributed by atoms with E-state index in [2.05, 4.69) is 51.9 Å². The monoisotopic (exact) mass is 212 g/mol. The van der Waals surface area contributed by atoms with Crippen LogP contribution in [0.2, 0.25) is 0 Å². The number of likely N-dealkylation sites (N-methyl/N-ethyl adjacent to an activating group) is 1. The van der Waals surface area contributed by atoms with E-state index < -0.39 is 0 Å². The van der Waals surface area contributed by atoms with Crippen LogP contribution in [0.1, 0.15) is 41.0 Å². The van der Waals surface area contributed by atoms with Crippen molar-refractivity contribution in [2.75, 3.05) is 20.1 Å². The summed E-state index contributed by atoms with van der Waals surface area (Å²) in [6.07, 6.45) is 1.31. The fraction of sp³-hybridized carbons (Fsp3) is 1.00. The fourth-order valence-corrected chi connectivity index (χ4v) is 2.42. The van der Waals surface area contributed by atoms with E-state index in [-0.39, 0.29) is 0 Å². The molecule has 1 aliphatic rings. The van der Waals surface area contributed by atoms with Crippen LogP contribution in [-0.4, -0.2) is 37.1 Å². The van der Waals surface area contributed by atoms with Gasteiger partial charge in [-0.2, -0.15) is 0 Å². The Morgan fingerprint density at radius 1 is 1.33 bits per heavy atom. The number of nitrogens with zero attached hydrogens (tertiary/aromatic N) is 1. The summed E-state index contributed by atoms with van der Waals surface area (Å²) in [5.74, 6) is 0.820. The summed E-state index contributed by atoms with van der Waals surface area (Å²) in [4.78, 5) is 2.57. The number of nitrogens with one attached hydrogen (secondary N) is 1. The molecule has 90 valence electrons. The molecular formula is C13H28N2. The molecule has 0 radical (unpaired) electrons. The first-order valence-corrected chi connectivity index (χ1v) is 6.26. The van der Waals surface area contributed by atoms with Gasteiger partial charge >= 0.3 is 0 Å². The molecule has 0 aromatic heterocycles. The van der Waals surface area contributed by atoms with Crippen LogP contribution >= 0.6 is 0 Å². The average molecular weight is 212 g/mol. The maximum absolute atomic E-state index is 3.51. The van der Waals surface area contributed by atoms with Gasteiger partial charge in [-0.3, -0.25) is 4.90 Å². The summed E-state index contributed by atoms with van der Waals surface area (Å²) in [6, 6.07) is 1.33. The summed E-state index contributed by atoms with van der Waals surface area (Å²) in [7, 11) is 2.28. The SMILES string of the molecule is CC1CCNCC1N(C)C(C)C(C)(C)C. The summed E-state index contributed by atoms with van der Waals surface area (Å²) < 4.78 is 0. The largest absolute Gasteiger partial charge is 0.315 e. The predicted molar refractivity (Wildman–Crippen MR) is 67.1 cm³/mol. The first-order chi connectivity index (χ1) is 6.84. The van der Waals surface area contributed by atoms with Crippen molar-refractivity contribution in [3.05, 3.63) is 0 Å². The molecular weight excluding hydrogens is 184 g/mol. The predicted octanol–water partition coefficient (Wildman–Crippen LogP) is 2.35. The van der Waals surface area contributed by atoms with Crippen LogP contribution in [0, 0.1) is 11.3 Å². The molecule has 2 nitrogen and oxygen atoms in total. The number of piperidine rings is 1. The van der Waals surface area contributed by atoms with Crippen LogP contribution in [0.5, 0.6) is 0 Å². The molecule has 0 aromatic carbocycles. The van der Waals surface area contributed by atoms with Crippen molar-refractivity contribution in [2.45, 2.75) is 53.1 Å². The summed E-state index contributed by atoms with van der Waals surface area (Å²) in [5.41, 5.74) is 0.367. The Bertz CT molecular complexity index is 195. The standard InChI is InChI=1S/C13H28N2/c1-10-7-8-14-9-12(10)15(6)11(2)13(3,4)5/h10-12,14H,7-9H2,1-6H3. The molecule has 0 aliphatic carbocycles. The molecule has 1 N–H and O–H groups in total. The third-order valence-corrected chi connectivity index (χ3v) is 4.17. The summed E-state index contributed by atoms with van der Waals surface area (Å²) >= 11 is 0. The highest BCUT2D eigenvalue weighted by molar-refractivity contribution is 4.88. The molecule has 1 aliphatic heterocycles. The maximum atomic E-state index is 3.51. The zero-order valence-electron chi connectivity index (χ0n) is 11.3. The number of rotatable bonds is 2. The van der Waals surface area contributed by atoms with Gasteiger partial charge in [0, 0.05) is 18.6 Å². The zero-order chi connectivity index (χ0) is 11.6. The summed E-state index contributed by atoms with van der Waals surface area (Å²) in [5, 5.41) is 3.51. The van der Waals surface area contributed by atoms with Crippen LogP contribution < -0.4 is 5.32 Å². The highest BCUT2D eigenvalue weighted by atomic mass is 15.2.